The van der Waals surface area contributed by atoms with E-state index in [1.54, 1.807) is 48.5 Å². The third-order valence-electron chi connectivity index (χ3n) is 2.81. The van der Waals surface area contributed by atoms with E-state index in [1.165, 1.54) is 7.11 Å². The molecule has 0 radical (unpaired) electrons. The van der Waals surface area contributed by atoms with Gasteiger partial charge in [0.05, 0.1) is 19.9 Å². The molecule has 0 saturated heterocycles. The van der Waals surface area contributed by atoms with E-state index in [-0.39, 0.29) is 6.03 Å². The van der Waals surface area contributed by atoms with E-state index < -0.39 is 0 Å². The van der Waals surface area contributed by atoms with E-state index in [4.69, 9.17) is 20.9 Å². The smallest absolute Gasteiger partial charge is 0.348 e. The zero-order valence-electron chi connectivity index (χ0n) is 11.2. The number of nitrogens with zero attached hydrogens (tertiary/aromatic N) is 2. The van der Waals surface area contributed by atoms with Crippen LogP contribution in [0.3, 0.4) is 0 Å². The third kappa shape index (κ3) is 3.31. The zero-order chi connectivity index (χ0) is 14.5. The number of hydrogen-bond acceptors (Lipinski definition) is 3. The zero-order valence-corrected chi connectivity index (χ0v) is 12.0. The lowest BCUT2D eigenvalue weighted by molar-refractivity contribution is -0.0624. The molecule has 0 N–H and O–H groups in total. The van der Waals surface area contributed by atoms with Crippen LogP contribution < -0.4 is 4.90 Å². The highest BCUT2D eigenvalue weighted by Crippen LogP contribution is 2.21. The van der Waals surface area contributed by atoms with Crippen molar-refractivity contribution >= 4 is 23.3 Å². The molecule has 2 rings (SSSR count). The molecule has 6 heteroatoms. The second kappa shape index (κ2) is 6.45. The lowest BCUT2D eigenvalue weighted by Gasteiger charge is -2.26. The summed E-state index contributed by atoms with van der Waals surface area (Å²) >= 11 is 5.87. The van der Waals surface area contributed by atoms with Crippen LogP contribution in [0.1, 0.15) is 5.76 Å². The van der Waals surface area contributed by atoms with Crippen molar-refractivity contribution in [1.29, 1.82) is 0 Å². The molecule has 0 saturated carbocycles. The molecule has 1 heterocycles. The molecule has 2 aromatic rings. The molecule has 0 fully saturated rings. The minimum absolute atomic E-state index is 0.300. The van der Waals surface area contributed by atoms with Crippen LogP contribution in [-0.4, -0.2) is 25.3 Å². The summed E-state index contributed by atoms with van der Waals surface area (Å²) in [5, 5.41) is 1.76. The fourth-order valence-corrected chi connectivity index (χ4v) is 1.82. The number of hydrogen-bond donors (Lipinski definition) is 0. The summed E-state index contributed by atoms with van der Waals surface area (Å²) in [5.74, 6) is 0.679. The minimum atomic E-state index is -0.300. The van der Waals surface area contributed by atoms with Gasteiger partial charge in [0.2, 0.25) is 0 Å². The van der Waals surface area contributed by atoms with Crippen molar-refractivity contribution < 1.29 is 14.0 Å². The Bertz CT molecular complexity index is 554. The van der Waals surface area contributed by atoms with Crippen LogP contribution in [0.4, 0.5) is 10.5 Å². The van der Waals surface area contributed by atoms with Crippen LogP contribution >= 0.6 is 11.6 Å². The van der Waals surface area contributed by atoms with Gasteiger partial charge in [-0.3, -0.25) is 9.74 Å². The normalized spacial score (nSPS) is 10.3. The Morgan fingerprint density at radius 2 is 2.00 bits per heavy atom. The summed E-state index contributed by atoms with van der Waals surface area (Å²) in [5.41, 5.74) is 0.708. The topological polar surface area (TPSA) is 45.9 Å². The van der Waals surface area contributed by atoms with Crippen molar-refractivity contribution in [2.75, 3.05) is 19.1 Å². The predicted octanol–water partition coefficient (Wildman–Crippen LogP) is 3.55. The second-order valence-electron chi connectivity index (χ2n) is 4.10. The number of furan rings is 1. The first-order valence-electron chi connectivity index (χ1n) is 5.99. The molecule has 0 atom stereocenters. The van der Waals surface area contributed by atoms with Gasteiger partial charge in [-0.15, -0.1) is 0 Å². The van der Waals surface area contributed by atoms with E-state index in [0.717, 1.165) is 5.06 Å². The largest absolute Gasteiger partial charge is 0.467 e. The Kier molecular flexibility index (Phi) is 4.65. The number of amides is 2. The van der Waals surface area contributed by atoms with Crippen LogP contribution in [0.25, 0.3) is 0 Å². The van der Waals surface area contributed by atoms with Gasteiger partial charge in [-0.1, -0.05) is 11.6 Å². The number of anilines is 1. The molecular formula is C14H15ClN2O3. The first-order valence-corrected chi connectivity index (χ1v) is 6.37. The summed E-state index contributed by atoms with van der Waals surface area (Å²) in [4.78, 5) is 18.8. The quantitative estimate of drug-likeness (QED) is 0.810. The Morgan fingerprint density at radius 1 is 1.30 bits per heavy atom. The number of benzene rings is 1. The summed E-state index contributed by atoms with van der Waals surface area (Å²) < 4.78 is 5.29. The van der Waals surface area contributed by atoms with Crippen molar-refractivity contribution in [2.24, 2.45) is 0 Å². The van der Waals surface area contributed by atoms with Crippen molar-refractivity contribution in [3.8, 4) is 0 Å². The highest BCUT2D eigenvalue weighted by atomic mass is 35.5. The van der Waals surface area contributed by atoms with Crippen LogP contribution in [-0.2, 0) is 11.4 Å². The molecule has 0 unspecified atom stereocenters. The van der Waals surface area contributed by atoms with Crippen LogP contribution in [0.15, 0.2) is 47.1 Å². The molecule has 20 heavy (non-hydrogen) atoms. The molecule has 2 amide bonds. The Morgan fingerprint density at radius 3 is 2.55 bits per heavy atom. The molecule has 0 bridgehead atoms. The molecule has 1 aromatic heterocycles. The van der Waals surface area contributed by atoms with Gasteiger partial charge in [0.25, 0.3) is 0 Å². The molecule has 0 aliphatic heterocycles. The van der Waals surface area contributed by atoms with Crippen molar-refractivity contribution in [3.63, 3.8) is 0 Å². The molecule has 5 nitrogen and oxygen atoms in total. The average molecular weight is 295 g/mol. The van der Waals surface area contributed by atoms with E-state index in [1.807, 2.05) is 6.07 Å². The molecule has 106 valence electrons. The van der Waals surface area contributed by atoms with Crippen molar-refractivity contribution in [3.05, 3.63) is 53.4 Å². The molecule has 0 aliphatic carbocycles. The predicted molar refractivity (Wildman–Crippen MR) is 76.5 cm³/mol. The average Bonchev–Trinajstić information content (AvgIpc) is 2.97. The maximum atomic E-state index is 12.3. The third-order valence-corrected chi connectivity index (χ3v) is 3.06. The number of halogens is 1. The Labute approximate surface area is 122 Å². The second-order valence-corrected chi connectivity index (χ2v) is 4.54. The van der Waals surface area contributed by atoms with E-state index in [9.17, 15) is 4.79 Å². The number of urea groups is 1. The van der Waals surface area contributed by atoms with Gasteiger partial charge in [0.15, 0.2) is 0 Å². The number of hydroxylamine groups is 2. The van der Waals surface area contributed by atoms with E-state index in [0.29, 0.717) is 23.0 Å². The minimum Gasteiger partial charge on any atom is -0.467 e. The highest BCUT2D eigenvalue weighted by molar-refractivity contribution is 6.30. The molecule has 0 aliphatic rings. The summed E-state index contributed by atoms with van der Waals surface area (Å²) in [6.07, 6.45) is 1.57. The van der Waals surface area contributed by atoms with Gasteiger partial charge in [0.1, 0.15) is 5.76 Å². The summed E-state index contributed by atoms with van der Waals surface area (Å²) in [7, 11) is 2.98. The van der Waals surface area contributed by atoms with Crippen LogP contribution in [0.5, 0.6) is 0 Å². The monoisotopic (exact) mass is 294 g/mol. The van der Waals surface area contributed by atoms with Gasteiger partial charge < -0.3 is 4.42 Å². The fourth-order valence-electron chi connectivity index (χ4n) is 1.70. The van der Waals surface area contributed by atoms with Crippen LogP contribution in [0.2, 0.25) is 5.02 Å². The Hall–Kier alpha value is -1.98. The first kappa shape index (κ1) is 14.4. The van der Waals surface area contributed by atoms with Gasteiger partial charge in [0, 0.05) is 17.8 Å². The van der Waals surface area contributed by atoms with E-state index in [2.05, 4.69) is 0 Å². The first-order chi connectivity index (χ1) is 9.61. The number of carbonyl (C=O) groups excluding carboxylic acids is 1. The standard InChI is InChI=1S/C14H15ClN2O3/c1-16(19-2)14(18)17(10-13-4-3-9-20-13)12-7-5-11(15)6-8-12/h3-9H,10H2,1-2H3. The van der Waals surface area contributed by atoms with Gasteiger partial charge in [-0.2, -0.15) is 0 Å². The Balaban J connectivity index is 2.28. The lowest BCUT2D eigenvalue weighted by Crippen LogP contribution is -2.40. The van der Waals surface area contributed by atoms with Crippen molar-refractivity contribution in [2.45, 2.75) is 6.54 Å². The van der Waals surface area contributed by atoms with Gasteiger partial charge >= 0.3 is 6.03 Å². The van der Waals surface area contributed by atoms with E-state index >= 15 is 0 Å². The number of rotatable bonds is 4. The van der Waals surface area contributed by atoms with Gasteiger partial charge in [-0.25, -0.2) is 9.86 Å². The fraction of sp³-hybridized carbons (Fsp3) is 0.214. The SMILES string of the molecule is CON(C)C(=O)N(Cc1ccco1)c1ccc(Cl)cc1. The van der Waals surface area contributed by atoms with Gasteiger partial charge in [-0.05, 0) is 36.4 Å². The maximum absolute atomic E-state index is 12.3. The summed E-state index contributed by atoms with van der Waals surface area (Å²) in [6, 6.07) is 10.3. The highest BCUT2D eigenvalue weighted by Gasteiger charge is 2.21. The lowest BCUT2D eigenvalue weighted by atomic mass is 10.3. The van der Waals surface area contributed by atoms with Crippen molar-refractivity contribution in [1.82, 2.24) is 5.06 Å². The molecule has 0 spiro atoms. The maximum Gasteiger partial charge on any atom is 0.348 e. The number of carbonyl (C=O) groups is 1. The van der Waals surface area contributed by atoms with Crippen LogP contribution in [0, 0.1) is 0 Å². The molecule has 1 aromatic carbocycles. The molecular weight excluding hydrogens is 280 g/mol. The summed E-state index contributed by atoms with van der Waals surface area (Å²) in [6.45, 7) is 0.307.